The van der Waals surface area contributed by atoms with Crippen molar-refractivity contribution in [3.8, 4) is 17.2 Å². The molecule has 2 heterocycles. The standard InChI is InChI=1S/C20H21N5O3/c1-13-22-23-24-25(13)17-7-3-6-16(10-17)20(26)21-11-14-9-15-5-4-8-18(27-2)19(15)28-12-14/h3-8,10,14H,9,11-12H2,1-2H3,(H,21,26)/t14-/m0/s1. The van der Waals surface area contributed by atoms with Crippen LogP contribution >= 0.6 is 0 Å². The summed E-state index contributed by atoms with van der Waals surface area (Å²) in [6.07, 6.45) is 0.830. The molecule has 0 radical (unpaired) electrons. The Morgan fingerprint density at radius 3 is 2.96 bits per heavy atom. The highest BCUT2D eigenvalue weighted by Gasteiger charge is 2.23. The van der Waals surface area contributed by atoms with Gasteiger partial charge in [-0.05, 0) is 53.6 Å². The zero-order valence-electron chi connectivity index (χ0n) is 15.8. The fraction of sp³-hybridized carbons (Fsp3) is 0.300. The lowest BCUT2D eigenvalue weighted by Crippen LogP contribution is -2.34. The molecule has 0 saturated carbocycles. The summed E-state index contributed by atoms with van der Waals surface area (Å²) in [4.78, 5) is 12.6. The number of nitrogens with one attached hydrogen (secondary N) is 1. The van der Waals surface area contributed by atoms with Gasteiger partial charge in [0, 0.05) is 18.0 Å². The number of hydrogen-bond donors (Lipinski definition) is 1. The van der Waals surface area contributed by atoms with E-state index < -0.39 is 0 Å². The number of fused-ring (bicyclic) bond motifs is 1. The SMILES string of the molecule is COc1cccc2c1OC[C@H](CNC(=O)c1cccc(-n3nnnc3C)c1)C2. The van der Waals surface area contributed by atoms with Gasteiger partial charge in [0.1, 0.15) is 0 Å². The number of hydrogen-bond acceptors (Lipinski definition) is 6. The van der Waals surface area contributed by atoms with Crippen LogP contribution in [0.3, 0.4) is 0 Å². The van der Waals surface area contributed by atoms with E-state index in [-0.39, 0.29) is 11.8 Å². The number of carbonyl (C=O) groups excluding carboxylic acids is 1. The maximum Gasteiger partial charge on any atom is 0.251 e. The zero-order valence-corrected chi connectivity index (χ0v) is 15.8. The van der Waals surface area contributed by atoms with Gasteiger partial charge in [0.15, 0.2) is 17.3 Å². The maximum atomic E-state index is 12.6. The molecule has 8 heteroatoms. The fourth-order valence-electron chi connectivity index (χ4n) is 3.34. The second-order valence-corrected chi connectivity index (χ2v) is 6.73. The van der Waals surface area contributed by atoms with Crippen LogP contribution in [-0.2, 0) is 6.42 Å². The quantitative estimate of drug-likeness (QED) is 0.729. The van der Waals surface area contributed by atoms with E-state index in [0.717, 1.165) is 29.2 Å². The van der Waals surface area contributed by atoms with Gasteiger partial charge >= 0.3 is 0 Å². The zero-order chi connectivity index (χ0) is 19.5. The van der Waals surface area contributed by atoms with Gasteiger partial charge in [-0.3, -0.25) is 4.79 Å². The Morgan fingerprint density at radius 2 is 2.18 bits per heavy atom. The highest BCUT2D eigenvalue weighted by atomic mass is 16.5. The Labute approximate surface area is 162 Å². The van der Waals surface area contributed by atoms with Crippen LogP contribution in [0.15, 0.2) is 42.5 Å². The Hall–Kier alpha value is -3.42. The van der Waals surface area contributed by atoms with Crippen molar-refractivity contribution in [3.63, 3.8) is 0 Å². The van der Waals surface area contributed by atoms with Crippen LogP contribution in [-0.4, -0.2) is 46.4 Å². The number of methoxy groups -OCH3 is 1. The Balaban J connectivity index is 1.41. The number of carbonyl (C=O) groups is 1. The summed E-state index contributed by atoms with van der Waals surface area (Å²) in [6, 6.07) is 13.1. The van der Waals surface area contributed by atoms with E-state index in [9.17, 15) is 4.79 Å². The third-order valence-corrected chi connectivity index (χ3v) is 4.78. The van der Waals surface area contributed by atoms with Crippen LogP contribution in [0, 0.1) is 12.8 Å². The number of aryl methyl sites for hydroxylation is 1. The van der Waals surface area contributed by atoms with Crippen molar-refractivity contribution in [2.24, 2.45) is 5.92 Å². The fourth-order valence-corrected chi connectivity index (χ4v) is 3.34. The molecule has 1 aromatic heterocycles. The number of rotatable bonds is 5. The number of amides is 1. The van der Waals surface area contributed by atoms with Gasteiger partial charge < -0.3 is 14.8 Å². The van der Waals surface area contributed by atoms with Crippen molar-refractivity contribution >= 4 is 5.91 Å². The molecule has 144 valence electrons. The summed E-state index contributed by atoms with van der Waals surface area (Å²) < 4.78 is 12.8. The average molecular weight is 379 g/mol. The monoisotopic (exact) mass is 379 g/mol. The van der Waals surface area contributed by atoms with Crippen LogP contribution in [0.4, 0.5) is 0 Å². The van der Waals surface area contributed by atoms with Crippen molar-refractivity contribution in [1.82, 2.24) is 25.5 Å². The van der Waals surface area contributed by atoms with Gasteiger partial charge in [0.05, 0.1) is 19.4 Å². The molecule has 1 aliphatic rings. The first-order valence-electron chi connectivity index (χ1n) is 9.08. The lowest BCUT2D eigenvalue weighted by molar-refractivity contribution is 0.0938. The normalized spacial score (nSPS) is 15.4. The molecule has 28 heavy (non-hydrogen) atoms. The summed E-state index contributed by atoms with van der Waals surface area (Å²) in [6.45, 7) is 2.88. The lowest BCUT2D eigenvalue weighted by atomic mass is 9.96. The third-order valence-electron chi connectivity index (χ3n) is 4.78. The first kappa shape index (κ1) is 18.0. The molecule has 1 amide bonds. The van der Waals surface area contributed by atoms with Gasteiger partial charge in [-0.15, -0.1) is 5.10 Å². The molecule has 0 spiro atoms. The number of ether oxygens (including phenoxy) is 2. The molecular formula is C20H21N5O3. The van der Waals surface area contributed by atoms with E-state index in [2.05, 4.69) is 20.8 Å². The second kappa shape index (κ2) is 7.67. The van der Waals surface area contributed by atoms with Crippen molar-refractivity contribution in [1.29, 1.82) is 0 Å². The molecule has 0 aliphatic carbocycles. The van der Waals surface area contributed by atoms with Gasteiger partial charge in [0.25, 0.3) is 5.91 Å². The first-order valence-corrected chi connectivity index (χ1v) is 9.08. The Kier molecular flexibility index (Phi) is 4.92. The van der Waals surface area contributed by atoms with E-state index in [1.165, 1.54) is 0 Å². The van der Waals surface area contributed by atoms with E-state index >= 15 is 0 Å². The van der Waals surface area contributed by atoms with Crippen LogP contribution in [0.25, 0.3) is 5.69 Å². The summed E-state index contributed by atoms with van der Waals surface area (Å²) in [5.41, 5.74) is 2.41. The molecule has 0 unspecified atom stereocenters. The van der Waals surface area contributed by atoms with Crippen molar-refractivity contribution in [2.75, 3.05) is 20.3 Å². The molecular weight excluding hydrogens is 358 g/mol. The predicted molar refractivity (Wildman–Crippen MR) is 102 cm³/mol. The molecule has 0 fully saturated rings. The van der Waals surface area contributed by atoms with E-state index in [4.69, 9.17) is 9.47 Å². The molecule has 2 aromatic carbocycles. The Morgan fingerprint density at radius 1 is 1.32 bits per heavy atom. The molecule has 3 aromatic rings. The van der Waals surface area contributed by atoms with Gasteiger partial charge in [-0.2, -0.15) is 4.68 Å². The first-order chi connectivity index (χ1) is 13.7. The molecule has 0 bridgehead atoms. The molecule has 8 nitrogen and oxygen atoms in total. The molecule has 1 atom stereocenters. The summed E-state index contributed by atoms with van der Waals surface area (Å²) in [5.74, 6) is 2.27. The van der Waals surface area contributed by atoms with Crippen LogP contribution in [0.1, 0.15) is 21.7 Å². The maximum absolute atomic E-state index is 12.6. The number of nitrogens with zero attached hydrogens (tertiary/aromatic N) is 4. The largest absolute Gasteiger partial charge is 0.493 e. The van der Waals surface area contributed by atoms with E-state index in [1.54, 1.807) is 23.9 Å². The van der Waals surface area contributed by atoms with Crippen molar-refractivity contribution in [2.45, 2.75) is 13.3 Å². The minimum absolute atomic E-state index is 0.135. The highest BCUT2D eigenvalue weighted by Crippen LogP contribution is 2.35. The average Bonchev–Trinajstić information content (AvgIpc) is 3.17. The number of tetrazole rings is 1. The number of aromatic nitrogens is 4. The molecule has 0 saturated heterocycles. The van der Waals surface area contributed by atoms with Crippen LogP contribution < -0.4 is 14.8 Å². The minimum Gasteiger partial charge on any atom is -0.493 e. The third kappa shape index (κ3) is 3.53. The van der Waals surface area contributed by atoms with Crippen molar-refractivity contribution in [3.05, 3.63) is 59.4 Å². The lowest BCUT2D eigenvalue weighted by Gasteiger charge is -2.26. The van der Waals surface area contributed by atoms with Gasteiger partial charge in [-0.1, -0.05) is 18.2 Å². The summed E-state index contributed by atoms with van der Waals surface area (Å²) in [7, 11) is 1.64. The van der Waals surface area contributed by atoms with E-state index in [1.807, 2.05) is 37.3 Å². The van der Waals surface area contributed by atoms with Crippen LogP contribution in [0.2, 0.25) is 0 Å². The van der Waals surface area contributed by atoms with E-state index in [0.29, 0.717) is 24.5 Å². The predicted octanol–water partition coefficient (Wildman–Crippen LogP) is 1.96. The molecule has 4 rings (SSSR count). The summed E-state index contributed by atoms with van der Waals surface area (Å²) in [5, 5.41) is 14.5. The van der Waals surface area contributed by atoms with Crippen LogP contribution in [0.5, 0.6) is 11.5 Å². The number of para-hydroxylation sites is 1. The van der Waals surface area contributed by atoms with Gasteiger partial charge in [0.2, 0.25) is 0 Å². The summed E-state index contributed by atoms with van der Waals surface area (Å²) >= 11 is 0. The molecule has 1 N–H and O–H groups in total. The second-order valence-electron chi connectivity index (χ2n) is 6.73. The Bertz CT molecular complexity index is 1000. The number of benzene rings is 2. The smallest absolute Gasteiger partial charge is 0.251 e. The highest BCUT2D eigenvalue weighted by molar-refractivity contribution is 5.94. The minimum atomic E-state index is -0.135. The topological polar surface area (TPSA) is 91.2 Å². The molecule has 1 aliphatic heterocycles. The van der Waals surface area contributed by atoms with Crippen molar-refractivity contribution < 1.29 is 14.3 Å². The van der Waals surface area contributed by atoms with Gasteiger partial charge in [-0.25, -0.2) is 0 Å².